The third-order valence-corrected chi connectivity index (χ3v) is 9.34. The molecular weight excluding hydrogens is 541 g/mol. The highest BCUT2D eigenvalue weighted by Crippen LogP contribution is 2.38. The molecule has 1 aliphatic carbocycles. The summed E-state index contributed by atoms with van der Waals surface area (Å²) in [4.78, 5) is 14.0. The Balaban J connectivity index is 1.11. The molecule has 43 heavy (non-hydrogen) atoms. The van der Waals surface area contributed by atoms with Crippen LogP contribution in [0.5, 0.6) is 0 Å². The average Bonchev–Trinajstić information content (AvgIpc) is 3.63. The van der Waals surface area contributed by atoms with Gasteiger partial charge in [0.2, 0.25) is 0 Å². The predicted molar refractivity (Wildman–Crippen MR) is 166 cm³/mol. The third-order valence-electron chi connectivity index (χ3n) is 9.34. The SMILES string of the molecule is N#CCCN1CCN(C2CCC(n3nc(-c4ccc5c(ccn5Cc5ccccc5F)c4)c4c(N)ncnc43)CC2)CC1. The lowest BCUT2D eigenvalue weighted by atomic mass is 9.90. The molecule has 0 unspecified atom stereocenters. The molecule has 3 aromatic heterocycles. The van der Waals surface area contributed by atoms with Gasteiger partial charge in [-0.15, -0.1) is 0 Å². The summed E-state index contributed by atoms with van der Waals surface area (Å²) < 4.78 is 18.5. The lowest BCUT2D eigenvalue weighted by molar-refractivity contribution is 0.0718. The van der Waals surface area contributed by atoms with E-state index in [9.17, 15) is 4.39 Å². The van der Waals surface area contributed by atoms with Crippen LogP contribution in [0.4, 0.5) is 10.2 Å². The smallest absolute Gasteiger partial charge is 0.164 e. The lowest BCUT2D eigenvalue weighted by Crippen LogP contribution is -2.51. The van der Waals surface area contributed by atoms with Crippen molar-refractivity contribution in [1.29, 1.82) is 5.26 Å². The second-order valence-corrected chi connectivity index (χ2v) is 11.8. The number of benzene rings is 2. The first kappa shape index (κ1) is 27.5. The van der Waals surface area contributed by atoms with Gasteiger partial charge in [-0.3, -0.25) is 9.80 Å². The van der Waals surface area contributed by atoms with Crippen LogP contribution in [0.15, 0.2) is 61.1 Å². The first-order chi connectivity index (χ1) is 21.1. The Morgan fingerprint density at radius 1 is 0.953 bits per heavy atom. The number of aromatic nitrogens is 5. The summed E-state index contributed by atoms with van der Waals surface area (Å²) in [6.45, 7) is 5.58. The zero-order valence-electron chi connectivity index (χ0n) is 24.2. The number of hydrogen-bond acceptors (Lipinski definition) is 7. The van der Waals surface area contributed by atoms with E-state index in [1.54, 1.807) is 6.07 Å². The van der Waals surface area contributed by atoms with Crippen molar-refractivity contribution in [3.05, 3.63) is 72.4 Å². The molecule has 2 N–H and O–H groups in total. The summed E-state index contributed by atoms with van der Waals surface area (Å²) in [5.74, 6) is 0.239. The fourth-order valence-corrected chi connectivity index (χ4v) is 6.98. The first-order valence-corrected chi connectivity index (χ1v) is 15.2. The van der Waals surface area contributed by atoms with Crippen molar-refractivity contribution in [1.82, 2.24) is 34.1 Å². The van der Waals surface area contributed by atoms with Crippen LogP contribution in [-0.2, 0) is 6.54 Å². The van der Waals surface area contributed by atoms with Crippen LogP contribution in [0.2, 0.25) is 0 Å². The molecule has 5 aromatic rings. The van der Waals surface area contributed by atoms with Gasteiger partial charge in [-0.2, -0.15) is 10.4 Å². The number of hydrogen-bond donors (Lipinski definition) is 1. The highest BCUT2D eigenvalue weighted by Gasteiger charge is 2.31. The molecule has 4 heterocycles. The summed E-state index contributed by atoms with van der Waals surface area (Å²) >= 11 is 0. The molecule has 2 aliphatic rings. The largest absolute Gasteiger partial charge is 0.383 e. The summed E-state index contributed by atoms with van der Waals surface area (Å²) in [6, 6.07) is 18.3. The van der Waals surface area contributed by atoms with E-state index in [0.29, 0.717) is 30.4 Å². The fourth-order valence-electron chi connectivity index (χ4n) is 6.98. The van der Waals surface area contributed by atoms with Crippen molar-refractivity contribution in [2.45, 2.75) is 50.7 Å². The number of nitrogen functional groups attached to an aromatic ring is 1. The predicted octanol–water partition coefficient (Wildman–Crippen LogP) is 5.23. The Kier molecular flexibility index (Phi) is 7.51. The summed E-state index contributed by atoms with van der Waals surface area (Å²) in [5.41, 5.74) is 10.7. The van der Waals surface area contributed by atoms with E-state index in [0.717, 1.165) is 91.6 Å². The maximum absolute atomic E-state index is 14.3. The van der Waals surface area contributed by atoms with Crippen molar-refractivity contribution < 1.29 is 4.39 Å². The molecule has 1 saturated carbocycles. The van der Waals surface area contributed by atoms with Crippen molar-refractivity contribution in [2.75, 3.05) is 38.5 Å². The Labute approximate surface area is 250 Å². The Morgan fingerprint density at radius 3 is 2.53 bits per heavy atom. The van der Waals surface area contributed by atoms with Gasteiger partial charge in [0.25, 0.3) is 0 Å². The van der Waals surface area contributed by atoms with Gasteiger partial charge in [0.15, 0.2) is 5.65 Å². The minimum absolute atomic E-state index is 0.197. The van der Waals surface area contributed by atoms with E-state index in [4.69, 9.17) is 16.1 Å². The number of nitrogens with zero attached hydrogens (tertiary/aromatic N) is 8. The van der Waals surface area contributed by atoms with Gasteiger partial charge in [-0.25, -0.2) is 19.0 Å². The number of fused-ring (bicyclic) bond motifs is 2. The van der Waals surface area contributed by atoms with Crippen molar-refractivity contribution >= 4 is 27.8 Å². The fraction of sp³-hybridized carbons (Fsp3) is 0.394. The molecule has 2 aromatic carbocycles. The highest BCUT2D eigenvalue weighted by molar-refractivity contribution is 6.00. The Hall–Kier alpha value is -4.33. The first-order valence-electron chi connectivity index (χ1n) is 15.2. The van der Waals surface area contributed by atoms with E-state index in [1.807, 2.05) is 18.3 Å². The Bertz CT molecular complexity index is 1790. The third kappa shape index (κ3) is 5.35. The molecule has 1 saturated heterocycles. The summed E-state index contributed by atoms with van der Waals surface area (Å²) in [6.07, 6.45) is 8.47. The van der Waals surface area contributed by atoms with Gasteiger partial charge < -0.3 is 10.3 Å². The molecule has 0 amide bonds. The van der Waals surface area contributed by atoms with Crippen molar-refractivity contribution in [3.63, 3.8) is 0 Å². The second-order valence-electron chi connectivity index (χ2n) is 11.8. The topological polar surface area (TPSA) is 105 Å². The standard InChI is InChI=1S/C33H36FN9/c34-28-5-2-1-4-25(28)21-42-15-12-23-20-24(6-11-29(23)42)31-30-32(36)37-22-38-33(30)43(39-31)27-9-7-26(8-10-27)41-18-16-40(17-19-41)14-3-13-35/h1-2,4-6,11-12,15,20,22,26-27H,3,7-10,14,16-19,21H2,(H2,36,37,38). The number of piperazine rings is 1. The van der Waals surface area contributed by atoms with Gasteiger partial charge in [0.05, 0.1) is 24.0 Å². The molecule has 9 nitrogen and oxygen atoms in total. The van der Waals surface area contributed by atoms with E-state index in [-0.39, 0.29) is 11.9 Å². The van der Waals surface area contributed by atoms with E-state index >= 15 is 0 Å². The normalized spacial score (nSPS) is 20.1. The number of nitrogens with two attached hydrogens (primary N) is 1. The van der Waals surface area contributed by atoms with Gasteiger partial charge in [-0.1, -0.05) is 24.3 Å². The molecule has 1 aliphatic heterocycles. The maximum Gasteiger partial charge on any atom is 0.164 e. The Morgan fingerprint density at radius 2 is 1.74 bits per heavy atom. The highest BCUT2D eigenvalue weighted by atomic mass is 19.1. The van der Waals surface area contributed by atoms with E-state index in [1.165, 1.54) is 12.4 Å². The van der Waals surface area contributed by atoms with E-state index in [2.05, 4.69) is 59.4 Å². The number of rotatable bonds is 7. The van der Waals surface area contributed by atoms with Gasteiger partial charge in [0, 0.05) is 73.4 Å². The van der Waals surface area contributed by atoms with Crippen molar-refractivity contribution in [3.8, 4) is 17.3 Å². The van der Waals surface area contributed by atoms with Crippen LogP contribution >= 0.6 is 0 Å². The zero-order chi connectivity index (χ0) is 29.3. The average molecular weight is 578 g/mol. The van der Waals surface area contributed by atoms with Gasteiger partial charge in [0.1, 0.15) is 23.7 Å². The molecule has 0 atom stereocenters. The zero-order valence-corrected chi connectivity index (χ0v) is 24.2. The van der Waals surface area contributed by atoms with Crippen molar-refractivity contribution in [2.24, 2.45) is 0 Å². The van der Waals surface area contributed by atoms with Crippen LogP contribution in [0.25, 0.3) is 33.2 Å². The summed E-state index contributed by atoms with van der Waals surface area (Å²) in [5, 5.41) is 15.9. The molecule has 0 bridgehead atoms. The van der Waals surface area contributed by atoms with Gasteiger partial charge >= 0.3 is 0 Å². The van der Waals surface area contributed by atoms with Crippen LogP contribution in [0, 0.1) is 17.1 Å². The van der Waals surface area contributed by atoms with E-state index < -0.39 is 0 Å². The maximum atomic E-state index is 14.3. The second kappa shape index (κ2) is 11.7. The quantitative estimate of drug-likeness (QED) is 0.282. The number of nitriles is 1. The molecule has 0 spiro atoms. The molecule has 0 radical (unpaired) electrons. The minimum atomic E-state index is -0.197. The molecule has 220 valence electrons. The van der Waals surface area contributed by atoms with Gasteiger partial charge in [-0.05, 0) is 49.9 Å². The minimum Gasteiger partial charge on any atom is -0.383 e. The van der Waals surface area contributed by atoms with Crippen LogP contribution in [0.3, 0.4) is 0 Å². The molecule has 10 heteroatoms. The molecule has 2 fully saturated rings. The lowest BCUT2D eigenvalue weighted by Gasteiger charge is -2.41. The number of anilines is 1. The van der Waals surface area contributed by atoms with Crippen LogP contribution in [-0.4, -0.2) is 72.9 Å². The van der Waals surface area contributed by atoms with Crippen LogP contribution < -0.4 is 5.73 Å². The molecule has 7 rings (SSSR count). The molecular formula is C33H36FN9. The number of halogens is 1. The summed E-state index contributed by atoms with van der Waals surface area (Å²) in [7, 11) is 0. The van der Waals surface area contributed by atoms with Crippen LogP contribution in [0.1, 0.15) is 43.7 Å². The monoisotopic (exact) mass is 577 g/mol.